The number of rotatable bonds is 7. The summed E-state index contributed by atoms with van der Waals surface area (Å²) in [6.07, 6.45) is 16.0. The molecule has 1 aromatic rings. The highest BCUT2D eigenvalue weighted by molar-refractivity contribution is 5.64. The lowest BCUT2D eigenvalue weighted by Crippen LogP contribution is -2.51. The number of hydrogen-bond donors (Lipinski definition) is 0. The summed E-state index contributed by atoms with van der Waals surface area (Å²) in [7, 11) is 0. The van der Waals surface area contributed by atoms with Crippen LogP contribution in [0.4, 0.5) is 4.79 Å². The first-order valence-electron chi connectivity index (χ1n) is 15.7. The Balaban J connectivity index is 1.21. The lowest BCUT2D eigenvalue weighted by molar-refractivity contribution is -0.0597. The molecule has 4 aliphatic rings. The number of fused-ring (bicyclic) bond motifs is 5. The van der Waals surface area contributed by atoms with Crippen LogP contribution in [-0.2, 0) is 4.74 Å². The SMILES string of the molecule is Cc1ccc(OC(=O)O[C@@H]2CC[C@@]3(C)C(=CC[C@H]4[C@@H]5CC[C@H]([C@@H](C)CCCC(C)C)[C@@]5(C)CC[C@@H]43)C2)cc1. The number of ether oxygens (including phenoxy) is 2. The van der Waals surface area contributed by atoms with Gasteiger partial charge in [0.05, 0.1) is 0 Å². The van der Waals surface area contributed by atoms with Crippen molar-refractivity contribution in [2.45, 2.75) is 118 Å². The minimum Gasteiger partial charge on any atom is -0.430 e. The van der Waals surface area contributed by atoms with Gasteiger partial charge in [0.2, 0.25) is 0 Å². The molecule has 3 fully saturated rings. The summed E-state index contributed by atoms with van der Waals surface area (Å²) < 4.78 is 11.3. The van der Waals surface area contributed by atoms with E-state index in [9.17, 15) is 4.79 Å². The van der Waals surface area contributed by atoms with Crippen LogP contribution in [0.1, 0.15) is 111 Å². The first kappa shape index (κ1) is 27.8. The Kier molecular flexibility index (Phi) is 8.05. The molecule has 3 nitrogen and oxygen atoms in total. The molecule has 5 rings (SSSR count). The number of carbonyl (C=O) groups is 1. The van der Waals surface area contributed by atoms with Gasteiger partial charge in [0.15, 0.2) is 0 Å². The van der Waals surface area contributed by atoms with Gasteiger partial charge in [0.1, 0.15) is 11.9 Å². The van der Waals surface area contributed by atoms with E-state index in [0.29, 0.717) is 11.2 Å². The van der Waals surface area contributed by atoms with E-state index >= 15 is 0 Å². The van der Waals surface area contributed by atoms with E-state index in [1.807, 2.05) is 31.2 Å². The zero-order chi connectivity index (χ0) is 27.1. The Morgan fingerprint density at radius 3 is 2.47 bits per heavy atom. The van der Waals surface area contributed by atoms with E-state index in [0.717, 1.165) is 60.3 Å². The van der Waals surface area contributed by atoms with Crippen LogP contribution in [0.3, 0.4) is 0 Å². The quantitative estimate of drug-likeness (QED) is 0.204. The number of allylic oxidation sites excluding steroid dienone is 1. The van der Waals surface area contributed by atoms with Crippen molar-refractivity contribution < 1.29 is 14.3 Å². The molecule has 0 saturated heterocycles. The van der Waals surface area contributed by atoms with Crippen molar-refractivity contribution >= 4 is 6.16 Å². The van der Waals surface area contributed by atoms with Gasteiger partial charge in [-0.3, -0.25) is 0 Å². The van der Waals surface area contributed by atoms with Crippen molar-refractivity contribution in [1.29, 1.82) is 0 Å². The summed E-state index contributed by atoms with van der Waals surface area (Å²) in [5.74, 6) is 5.64. The van der Waals surface area contributed by atoms with E-state index < -0.39 is 6.16 Å². The lowest BCUT2D eigenvalue weighted by Gasteiger charge is -2.58. The van der Waals surface area contributed by atoms with Gasteiger partial charge in [-0.25, -0.2) is 4.79 Å². The molecule has 4 aliphatic carbocycles. The summed E-state index contributed by atoms with van der Waals surface area (Å²) in [5.41, 5.74) is 3.50. The van der Waals surface area contributed by atoms with E-state index in [4.69, 9.17) is 9.47 Å². The fraction of sp³-hybridized carbons (Fsp3) is 0.743. The summed E-state index contributed by atoms with van der Waals surface area (Å²) in [6, 6.07) is 7.56. The normalized spacial score (nSPS) is 37.0. The molecule has 3 saturated carbocycles. The van der Waals surface area contributed by atoms with Gasteiger partial charge in [0, 0.05) is 6.42 Å². The predicted octanol–water partition coefficient (Wildman–Crippen LogP) is 9.92. The van der Waals surface area contributed by atoms with E-state index in [-0.39, 0.29) is 11.5 Å². The molecule has 0 amide bonds. The van der Waals surface area contributed by atoms with Crippen molar-refractivity contribution in [2.24, 2.45) is 46.3 Å². The molecule has 3 heteroatoms. The minimum absolute atomic E-state index is 0.0692. The zero-order valence-electron chi connectivity index (χ0n) is 24.9. The molecule has 1 aromatic carbocycles. The minimum atomic E-state index is -0.565. The number of benzene rings is 1. The number of aryl methyl sites for hydroxylation is 1. The smallest absolute Gasteiger partial charge is 0.430 e. The van der Waals surface area contributed by atoms with Crippen LogP contribution in [0.15, 0.2) is 35.9 Å². The Morgan fingerprint density at radius 2 is 1.74 bits per heavy atom. The highest BCUT2D eigenvalue weighted by atomic mass is 16.7. The fourth-order valence-electron chi connectivity index (χ4n) is 9.62. The second-order valence-corrected chi connectivity index (χ2v) is 14.4. The van der Waals surface area contributed by atoms with Crippen LogP contribution in [-0.4, -0.2) is 12.3 Å². The van der Waals surface area contributed by atoms with E-state index in [1.54, 1.807) is 5.57 Å². The summed E-state index contributed by atoms with van der Waals surface area (Å²) in [5, 5.41) is 0. The van der Waals surface area contributed by atoms with Crippen molar-refractivity contribution in [3.63, 3.8) is 0 Å². The third kappa shape index (κ3) is 5.33. The Labute approximate surface area is 232 Å². The molecule has 0 unspecified atom stereocenters. The second kappa shape index (κ2) is 11.0. The second-order valence-electron chi connectivity index (χ2n) is 14.4. The molecule has 8 atom stereocenters. The molecule has 0 aliphatic heterocycles. The summed E-state index contributed by atoms with van der Waals surface area (Å²) in [6.45, 7) is 14.5. The van der Waals surface area contributed by atoms with Gasteiger partial charge < -0.3 is 9.47 Å². The van der Waals surface area contributed by atoms with Crippen LogP contribution in [0, 0.1) is 53.3 Å². The molecule has 0 N–H and O–H groups in total. The molecular weight excluding hydrogens is 468 g/mol. The van der Waals surface area contributed by atoms with Gasteiger partial charge in [-0.05, 0) is 110 Å². The number of hydrogen-bond acceptors (Lipinski definition) is 3. The zero-order valence-corrected chi connectivity index (χ0v) is 24.9. The maximum Gasteiger partial charge on any atom is 0.514 e. The van der Waals surface area contributed by atoms with E-state index in [1.165, 1.54) is 51.4 Å². The van der Waals surface area contributed by atoms with Crippen LogP contribution >= 0.6 is 0 Å². The topological polar surface area (TPSA) is 35.5 Å². The van der Waals surface area contributed by atoms with Gasteiger partial charge in [-0.1, -0.05) is 83.2 Å². The summed E-state index contributed by atoms with van der Waals surface area (Å²) >= 11 is 0. The van der Waals surface area contributed by atoms with E-state index in [2.05, 4.69) is 40.7 Å². The van der Waals surface area contributed by atoms with Crippen molar-refractivity contribution in [3.05, 3.63) is 41.5 Å². The molecule has 0 aromatic heterocycles. The summed E-state index contributed by atoms with van der Waals surface area (Å²) in [4.78, 5) is 12.5. The molecular formula is C35H52O3. The third-order valence-electron chi connectivity index (χ3n) is 11.7. The van der Waals surface area contributed by atoms with Gasteiger partial charge in [-0.15, -0.1) is 0 Å². The first-order valence-corrected chi connectivity index (χ1v) is 15.7. The molecule has 210 valence electrons. The molecule has 0 heterocycles. The lowest BCUT2D eigenvalue weighted by atomic mass is 9.47. The predicted molar refractivity (Wildman–Crippen MR) is 155 cm³/mol. The Hall–Kier alpha value is -1.77. The molecule has 38 heavy (non-hydrogen) atoms. The highest BCUT2D eigenvalue weighted by Gasteiger charge is 2.59. The van der Waals surface area contributed by atoms with Gasteiger partial charge >= 0.3 is 6.16 Å². The van der Waals surface area contributed by atoms with Crippen LogP contribution in [0.5, 0.6) is 5.75 Å². The van der Waals surface area contributed by atoms with Gasteiger partial charge in [-0.2, -0.15) is 0 Å². The number of carbonyl (C=O) groups excluding carboxylic acids is 1. The third-order valence-corrected chi connectivity index (χ3v) is 11.7. The monoisotopic (exact) mass is 520 g/mol. The fourth-order valence-corrected chi connectivity index (χ4v) is 9.62. The molecule has 0 spiro atoms. The van der Waals surface area contributed by atoms with Gasteiger partial charge in [0.25, 0.3) is 0 Å². The Morgan fingerprint density at radius 1 is 0.974 bits per heavy atom. The largest absolute Gasteiger partial charge is 0.514 e. The van der Waals surface area contributed by atoms with Crippen molar-refractivity contribution in [2.75, 3.05) is 0 Å². The average molecular weight is 521 g/mol. The average Bonchev–Trinajstić information content (AvgIpc) is 3.23. The maximum atomic E-state index is 12.5. The van der Waals surface area contributed by atoms with Crippen LogP contribution < -0.4 is 4.74 Å². The highest BCUT2D eigenvalue weighted by Crippen LogP contribution is 2.67. The Bertz CT molecular complexity index is 1010. The van der Waals surface area contributed by atoms with Crippen LogP contribution in [0.25, 0.3) is 0 Å². The molecule has 0 bridgehead atoms. The van der Waals surface area contributed by atoms with Crippen LogP contribution in [0.2, 0.25) is 0 Å². The molecule has 0 radical (unpaired) electrons. The van der Waals surface area contributed by atoms with Crippen molar-refractivity contribution in [1.82, 2.24) is 0 Å². The first-order chi connectivity index (χ1) is 18.1. The maximum absolute atomic E-state index is 12.5. The standard InChI is InChI=1S/C35H52O3/c1-23(2)8-7-9-25(4)30-16-17-31-29-15-12-26-22-28(38-33(36)37-27-13-10-24(3)11-14-27)18-20-34(26,5)32(29)19-21-35(30,31)6/h10-14,23,25,28-32H,7-9,15-22H2,1-6H3/t25-,28+,29-,30+,31-,32-,34-,35+/m0/s1. The van der Waals surface area contributed by atoms with Crippen molar-refractivity contribution in [3.8, 4) is 5.75 Å².